The molecule has 0 bridgehead atoms. The second-order valence-corrected chi connectivity index (χ2v) is 6.66. The zero-order valence-corrected chi connectivity index (χ0v) is 15.6. The van der Waals surface area contributed by atoms with E-state index < -0.39 is 0 Å². The van der Waals surface area contributed by atoms with Gasteiger partial charge in [0, 0.05) is 37.1 Å². The van der Waals surface area contributed by atoms with Crippen LogP contribution in [0, 0.1) is 0 Å². The fourth-order valence-electron chi connectivity index (χ4n) is 3.22. The molecule has 2 N–H and O–H groups in total. The quantitative estimate of drug-likeness (QED) is 0.779. The van der Waals surface area contributed by atoms with E-state index in [4.69, 9.17) is 9.47 Å². The first-order valence-corrected chi connectivity index (χ1v) is 9.18. The third kappa shape index (κ3) is 5.21. The second kappa shape index (κ2) is 9.39. The molecule has 2 amide bonds. The monoisotopic (exact) mass is 370 g/mol. The van der Waals surface area contributed by atoms with Gasteiger partial charge in [-0.25, -0.2) is 4.79 Å². The molecule has 2 aromatic rings. The summed E-state index contributed by atoms with van der Waals surface area (Å²) in [4.78, 5) is 14.7. The van der Waals surface area contributed by atoms with Gasteiger partial charge in [0.2, 0.25) is 0 Å². The van der Waals surface area contributed by atoms with Crippen LogP contribution in [-0.4, -0.2) is 42.4 Å². The van der Waals surface area contributed by atoms with Crippen molar-refractivity contribution in [3.8, 4) is 5.75 Å². The molecule has 0 saturated carbocycles. The molecule has 144 valence electrons. The average molecular weight is 370 g/mol. The molecule has 1 unspecified atom stereocenters. The first kappa shape index (κ1) is 19.2. The molecular formula is C21H26N2O4. The molecule has 0 aromatic heterocycles. The zero-order chi connectivity index (χ0) is 19.1. The maximum atomic E-state index is 13.0. The number of rotatable bonds is 7. The van der Waals surface area contributed by atoms with Crippen molar-refractivity contribution < 1.29 is 19.4 Å². The predicted octanol–water partition coefficient (Wildman–Crippen LogP) is 3.75. The number of hydrogen-bond acceptors (Lipinski definition) is 4. The number of para-hydroxylation sites is 2. The summed E-state index contributed by atoms with van der Waals surface area (Å²) in [7, 11) is 1.63. The minimum atomic E-state index is -0.225. The van der Waals surface area contributed by atoms with Gasteiger partial charge in [-0.05, 0) is 25.0 Å². The smallest absolute Gasteiger partial charge is 0.322 e. The topological polar surface area (TPSA) is 71.0 Å². The van der Waals surface area contributed by atoms with Crippen LogP contribution in [0.4, 0.5) is 10.5 Å². The molecule has 1 atom stereocenters. The van der Waals surface area contributed by atoms with Crippen LogP contribution in [0.2, 0.25) is 0 Å². The van der Waals surface area contributed by atoms with Gasteiger partial charge in [0.1, 0.15) is 5.75 Å². The Hall–Kier alpha value is -2.57. The summed E-state index contributed by atoms with van der Waals surface area (Å²) in [5, 5.41) is 13.1. The normalized spacial score (nSPS) is 16.3. The number of nitrogens with one attached hydrogen (secondary N) is 1. The van der Waals surface area contributed by atoms with Gasteiger partial charge in [0.05, 0.1) is 19.3 Å². The van der Waals surface area contributed by atoms with Crippen molar-refractivity contribution >= 4 is 11.7 Å². The molecule has 1 aliphatic rings. The molecule has 6 nitrogen and oxygen atoms in total. The zero-order valence-electron chi connectivity index (χ0n) is 15.6. The molecule has 1 heterocycles. The van der Waals surface area contributed by atoms with Crippen LogP contribution in [0.15, 0.2) is 48.5 Å². The highest BCUT2D eigenvalue weighted by molar-refractivity contribution is 5.90. The lowest BCUT2D eigenvalue weighted by Gasteiger charge is -2.26. The SMILES string of the molecule is COCc1ccccc1NC(=O)N(Cc1ccccc1O)CC1CCCO1. The van der Waals surface area contributed by atoms with Gasteiger partial charge < -0.3 is 24.8 Å². The van der Waals surface area contributed by atoms with Crippen LogP contribution in [-0.2, 0) is 22.6 Å². The number of nitrogens with zero attached hydrogens (tertiary/aromatic N) is 1. The molecule has 2 aromatic carbocycles. The van der Waals surface area contributed by atoms with Gasteiger partial charge >= 0.3 is 6.03 Å². The number of carbonyl (C=O) groups excluding carboxylic acids is 1. The van der Waals surface area contributed by atoms with E-state index in [1.165, 1.54) is 0 Å². The minimum Gasteiger partial charge on any atom is -0.508 e. The Balaban J connectivity index is 1.76. The highest BCUT2D eigenvalue weighted by Crippen LogP contribution is 2.22. The summed E-state index contributed by atoms with van der Waals surface area (Å²) in [6.07, 6.45) is 1.97. The first-order chi connectivity index (χ1) is 13.2. The van der Waals surface area contributed by atoms with E-state index in [0.717, 1.165) is 30.7 Å². The number of hydrogen-bond donors (Lipinski definition) is 2. The van der Waals surface area contributed by atoms with E-state index >= 15 is 0 Å². The Labute approximate surface area is 159 Å². The van der Waals surface area contributed by atoms with Crippen molar-refractivity contribution in [3.63, 3.8) is 0 Å². The molecule has 6 heteroatoms. The summed E-state index contributed by atoms with van der Waals surface area (Å²) in [5.41, 5.74) is 2.34. The second-order valence-electron chi connectivity index (χ2n) is 6.66. The maximum absolute atomic E-state index is 13.0. The van der Waals surface area contributed by atoms with Crippen LogP contribution < -0.4 is 5.32 Å². The number of ether oxygens (including phenoxy) is 2. The van der Waals surface area contributed by atoms with Gasteiger partial charge in [0.15, 0.2) is 0 Å². The summed E-state index contributed by atoms with van der Waals surface area (Å²) in [5.74, 6) is 0.183. The van der Waals surface area contributed by atoms with Crippen LogP contribution in [0.3, 0.4) is 0 Å². The van der Waals surface area contributed by atoms with Crippen molar-refractivity contribution in [2.45, 2.75) is 32.1 Å². The molecule has 0 radical (unpaired) electrons. The van der Waals surface area contributed by atoms with Crippen LogP contribution in [0.1, 0.15) is 24.0 Å². The van der Waals surface area contributed by atoms with E-state index in [1.807, 2.05) is 36.4 Å². The van der Waals surface area contributed by atoms with Crippen LogP contribution in [0.25, 0.3) is 0 Å². The number of carbonyl (C=O) groups is 1. The van der Waals surface area contributed by atoms with Crippen molar-refractivity contribution in [2.24, 2.45) is 0 Å². The molecule has 0 spiro atoms. The predicted molar refractivity (Wildman–Crippen MR) is 104 cm³/mol. The Bertz CT molecular complexity index is 759. The molecule has 0 aliphatic carbocycles. The van der Waals surface area contributed by atoms with Crippen LogP contribution in [0.5, 0.6) is 5.75 Å². The molecule has 1 fully saturated rings. The number of amides is 2. The number of phenolic OH excluding ortho intramolecular Hbond substituents is 1. The molecular weight excluding hydrogens is 344 g/mol. The number of methoxy groups -OCH3 is 1. The van der Waals surface area contributed by atoms with Crippen LogP contribution >= 0.6 is 0 Å². The number of benzene rings is 2. The van der Waals surface area contributed by atoms with E-state index in [2.05, 4.69) is 5.32 Å². The third-order valence-electron chi connectivity index (χ3n) is 4.65. The number of phenols is 1. The molecule has 1 aliphatic heterocycles. The highest BCUT2D eigenvalue weighted by Gasteiger charge is 2.24. The standard InChI is InChI=1S/C21H26N2O4/c1-26-15-17-8-2-4-10-19(17)22-21(25)23(14-18-9-6-12-27-18)13-16-7-3-5-11-20(16)24/h2-5,7-8,10-11,18,24H,6,9,12-15H2,1H3,(H,22,25). The van der Waals surface area contributed by atoms with Gasteiger partial charge in [-0.15, -0.1) is 0 Å². The Morgan fingerprint density at radius 1 is 1.22 bits per heavy atom. The summed E-state index contributed by atoms with van der Waals surface area (Å²) in [6, 6.07) is 14.4. The number of aromatic hydroxyl groups is 1. The Morgan fingerprint density at radius 3 is 2.67 bits per heavy atom. The van der Waals surface area contributed by atoms with E-state index in [9.17, 15) is 9.90 Å². The first-order valence-electron chi connectivity index (χ1n) is 9.18. The Morgan fingerprint density at radius 2 is 1.96 bits per heavy atom. The summed E-state index contributed by atoms with van der Waals surface area (Å²) >= 11 is 0. The largest absolute Gasteiger partial charge is 0.508 e. The van der Waals surface area contributed by atoms with E-state index in [0.29, 0.717) is 25.3 Å². The van der Waals surface area contributed by atoms with Crippen molar-refractivity contribution in [1.29, 1.82) is 0 Å². The van der Waals surface area contributed by atoms with E-state index in [1.54, 1.807) is 24.1 Å². The lowest BCUT2D eigenvalue weighted by atomic mass is 10.1. The minimum absolute atomic E-state index is 0.0239. The number of urea groups is 1. The van der Waals surface area contributed by atoms with Crippen molar-refractivity contribution in [2.75, 3.05) is 25.6 Å². The van der Waals surface area contributed by atoms with Gasteiger partial charge in [-0.1, -0.05) is 36.4 Å². The van der Waals surface area contributed by atoms with E-state index in [-0.39, 0.29) is 17.9 Å². The molecule has 27 heavy (non-hydrogen) atoms. The number of anilines is 1. The fraction of sp³-hybridized carbons (Fsp3) is 0.381. The lowest BCUT2D eigenvalue weighted by molar-refractivity contribution is 0.0817. The van der Waals surface area contributed by atoms with Gasteiger partial charge in [-0.3, -0.25) is 0 Å². The van der Waals surface area contributed by atoms with Crippen molar-refractivity contribution in [3.05, 3.63) is 59.7 Å². The van der Waals surface area contributed by atoms with Crippen molar-refractivity contribution in [1.82, 2.24) is 4.90 Å². The third-order valence-corrected chi connectivity index (χ3v) is 4.65. The maximum Gasteiger partial charge on any atom is 0.322 e. The highest BCUT2D eigenvalue weighted by atomic mass is 16.5. The fourth-order valence-corrected chi connectivity index (χ4v) is 3.22. The average Bonchev–Trinajstić information content (AvgIpc) is 3.18. The van der Waals surface area contributed by atoms with Gasteiger partial charge in [-0.2, -0.15) is 0 Å². The molecule has 1 saturated heterocycles. The molecule has 3 rings (SSSR count). The van der Waals surface area contributed by atoms with Gasteiger partial charge in [0.25, 0.3) is 0 Å². The summed E-state index contributed by atoms with van der Waals surface area (Å²) < 4.78 is 10.9. The summed E-state index contributed by atoms with van der Waals surface area (Å²) in [6.45, 7) is 1.94. The lowest BCUT2D eigenvalue weighted by Crippen LogP contribution is -2.39. The Kier molecular flexibility index (Phi) is 6.68.